The fourth-order valence-electron chi connectivity index (χ4n) is 4.80. The molecule has 0 atom stereocenters. The van der Waals surface area contributed by atoms with E-state index in [-0.39, 0.29) is 5.91 Å². The minimum absolute atomic E-state index is 0.191. The maximum absolute atomic E-state index is 13.2. The first kappa shape index (κ1) is 30.9. The number of ether oxygens (including phenoxy) is 1. The molecule has 43 heavy (non-hydrogen) atoms. The Morgan fingerprint density at radius 2 is 1.81 bits per heavy atom. The van der Waals surface area contributed by atoms with Gasteiger partial charge in [0.25, 0.3) is 5.91 Å². The third kappa shape index (κ3) is 7.68. The molecule has 1 fully saturated rings. The topological polar surface area (TPSA) is 112 Å². The van der Waals surface area contributed by atoms with Crippen molar-refractivity contribution >= 4 is 51.5 Å². The van der Waals surface area contributed by atoms with Crippen LogP contribution in [0.15, 0.2) is 60.9 Å². The monoisotopic (exact) mass is 695 g/mol. The van der Waals surface area contributed by atoms with Crippen molar-refractivity contribution in [2.75, 3.05) is 53.9 Å². The van der Waals surface area contributed by atoms with Gasteiger partial charge in [-0.1, -0.05) is 40.8 Å². The molecule has 0 radical (unpaired) electrons. The molecule has 12 heteroatoms. The first-order chi connectivity index (χ1) is 20.6. The van der Waals surface area contributed by atoms with Crippen LogP contribution in [-0.4, -0.2) is 73.4 Å². The van der Waals surface area contributed by atoms with Crippen molar-refractivity contribution in [2.45, 2.75) is 33.3 Å². The zero-order valence-corrected chi connectivity index (χ0v) is 27.3. The van der Waals surface area contributed by atoms with Gasteiger partial charge in [-0.25, -0.2) is 15.0 Å². The number of hydrogen-bond donors (Lipinski definition) is 3. The molecule has 1 aliphatic rings. The Balaban J connectivity index is 1.33. The van der Waals surface area contributed by atoms with Crippen LogP contribution in [-0.2, 0) is 10.3 Å². The summed E-state index contributed by atoms with van der Waals surface area (Å²) in [5, 5.41) is 13.4. The van der Waals surface area contributed by atoms with Gasteiger partial charge < -0.3 is 25.7 Å². The van der Waals surface area contributed by atoms with Crippen LogP contribution in [0.4, 0.5) is 23.0 Å². The number of amides is 1. The number of carbonyl (C=O) groups is 1. The Bertz CT molecular complexity index is 1580. The van der Waals surface area contributed by atoms with Crippen LogP contribution >= 0.6 is 22.6 Å². The fraction of sp³-hybridized carbons (Fsp3) is 0.355. The lowest BCUT2D eigenvalue weighted by Gasteiger charge is -2.32. The number of aryl methyl sites for hydroxylation is 2. The standard InChI is InChI=1S/C31H38IN9O2/c1-21-9-10-25(35-30(42)23-7-6-8-24(16-23)31(3,4)43-19-32)17-26(21)36-29-15-22(2)37-41(29)28-18-27(33-20-34-28)38-40-13-11-39(5)12-14-40/h6-10,15-18,20,36H,11-14,19H2,1-5H3,(H,35,42)(H,33,34,38). The molecule has 0 saturated carbocycles. The number of alkyl halides is 1. The van der Waals surface area contributed by atoms with Crippen molar-refractivity contribution in [3.05, 3.63) is 83.3 Å². The van der Waals surface area contributed by atoms with E-state index in [0.717, 1.165) is 54.5 Å². The lowest BCUT2D eigenvalue weighted by molar-refractivity contribution is 0.0139. The van der Waals surface area contributed by atoms with Crippen molar-refractivity contribution in [3.8, 4) is 5.82 Å². The van der Waals surface area contributed by atoms with Gasteiger partial charge in [-0.3, -0.25) is 4.79 Å². The van der Waals surface area contributed by atoms with Crippen LogP contribution in [0.25, 0.3) is 5.82 Å². The second-order valence-corrected chi connectivity index (χ2v) is 11.8. The lowest BCUT2D eigenvalue weighted by Crippen LogP contribution is -2.47. The average molecular weight is 696 g/mol. The summed E-state index contributed by atoms with van der Waals surface area (Å²) in [6.45, 7) is 11.8. The van der Waals surface area contributed by atoms with E-state index in [9.17, 15) is 4.79 Å². The quantitative estimate of drug-likeness (QED) is 0.147. The van der Waals surface area contributed by atoms with Crippen molar-refractivity contribution in [2.24, 2.45) is 0 Å². The van der Waals surface area contributed by atoms with Crippen molar-refractivity contribution < 1.29 is 9.53 Å². The lowest BCUT2D eigenvalue weighted by atomic mass is 9.96. The number of hydrogen-bond acceptors (Lipinski definition) is 9. The van der Waals surface area contributed by atoms with Crippen molar-refractivity contribution in [1.82, 2.24) is 29.7 Å². The summed E-state index contributed by atoms with van der Waals surface area (Å²) in [6.07, 6.45) is 1.54. The van der Waals surface area contributed by atoms with Crippen molar-refractivity contribution in [1.29, 1.82) is 0 Å². The third-order valence-electron chi connectivity index (χ3n) is 7.47. The number of aromatic nitrogens is 4. The molecule has 0 aliphatic carbocycles. The Hall–Kier alpha value is -3.59. The molecule has 1 saturated heterocycles. The first-order valence-electron chi connectivity index (χ1n) is 14.2. The Morgan fingerprint density at radius 1 is 1.02 bits per heavy atom. The number of nitrogens with one attached hydrogen (secondary N) is 3. The Labute approximate surface area is 266 Å². The van der Waals surface area contributed by atoms with Crippen LogP contribution in [0.3, 0.4) is 0 Å². The van der Waals surface area contributed by atoms with Gasteiger partial charge in [0.2, 0.25) is 0 Å². The second kappa shape index (κ2) is 13.4. The van der Waals surface area contributed by atoms with Crippen LogP contribution in [0.5, 0.6) is 0 Å². The molecular weight excluding hydrogens is 657 g/mol. The highest BCUT2D eigenvalue weighted by Gasteiger charge is 2.22. The molecule has 3 heterocycles. The van der Waals surface area contributed by atoms with Crippen LogP contribution in [0.2, 0.25) is 0 Å². The van der Waals surface area contributed by atoms with E-state index in [1.54, 1.807) is 11.0 Å². The number of halogens is 1. The zero-order chi connectivity index (χ0) is 30.6. The van der Waals surface area contributed by atoms with Gasteiger partial charge in [0.05, 0.1) is 15.9 Å². The summed E-state index contributed by atoms with van der Waals surface area (Å²) < 4.78 is 8.19. The van der Waals surface area contributed by atoms with E-state index in [0.29, 0.717) is 27.5 Å². The third-order valence-corrected chi connectivity index (χ3v) is 7.78. The summed E-state index contributed by atoms with van der Waals surface area (Å²) in [5.74, 6) is 1.91. The summed E-state index contributed by atoms with van der Waals surface area (Å²) >= 11 is 2.18. The molecule has 2 aromatic carbocycles. The Kier molecular flexibility index (Phi) is 9.59. The molecular formula is C31H38IN9O2. The van der Waals surface area contributed by atoms with E-state index in [1.807, 2.05) is 82.3 Å². The van der Waals surface area contributed by atoms with Gasteiger partial charge in [0, 0.05) is 55.2 Å². The summed E-state index contributed by atoms with van der Waals surface area (Å²) in [6, 6.07) is 17.2. The number of carbonyl (C=O) groups excluding carboxylic acids is 1. The van der Waals surface area contributed by atoms with Gasteiger partial charge in [-0.05, 0) is 70.1 Å². The number of anilines is 4. The van der Waals surface area contributed by atoms with Gasteiger partial charge in [-0.15, -0.1) is 0 Å². The van der Waals surface area contributed by atoms with Crippen molar-refractivity contribution in [3.63, 3.8) is 0 Å². The number of hydrazine groups is 1. The molecule has 226 valence electrons. The molecule has 0 unspecified atom stereocenters. The average Bonchev–Trinajstić information content (AvgIpc) is 3.36. The minimum atomic E-state index is -0.495. The van der Waals surface area contributed by atoms with E-state index in [1.165, 1.54) is 0 Å². The number of benzene rings is 2. The predicted octanol–water partition coefficient (Wildman–Crippen LogP) is 5.49. The van der Waals surface area contributed by atoms with Crippen LogP contribution in [0.1, 0.15) is 41.0 Å². The maximum Gasteiger partial charge on any atom is 0.255 e. The van der Waals surface area contributed by atoms with E-state index in [4.69, 9.17) is 9.84 Å². The number of piperazine rings is 1. The molecule has 1 amide bonds. The molecule has 4 aromatic rings. The van der Waals surface area contributed by atoms with E-state index in [2.05, 4.69) is 65.6 Å². The highest BCUT2D eigenvalue weighted by atomic mass is 127. The normalized spacial score (nSPS) is 14.5. The fourth-order valence-corrected chi connectivity index (χ4v) is 5.58. The molecule has 0 spiro atoms. The smallest absolute Gasteiger partial charge is 0.255 e. The summed E-state index contributed by atoms with van der Waals surface area (Å²) in [7, 11) is 2.13. The highest BCUT2D eigenvalue weighted by molar-refractivity contribution is 14.1. The number of likely N-dealkylation sites (N-methyl/N-ethyl adjacent to an activating group) is 1. The van der Waals surface area contributed by atoms with Gasteiger partial charge in [0.15, 0.2) is 5.82 Å². The number of nitrogens with zero attached hydrogens (tertiary/aromatic N) is 6. The van der Waals surface area contributed by atoms with Gasteiger partial charge in [0.1, 0.15) is 18.0 Å². The largest absolute Gasteiger partial charge is 0.361 e. The van der Waals surface area contributed by atoms with Crippen LogP contribution < -0.4 is 16.1 Å². The first-order valence-corrected chi connectivity index (χ1v) is 15.7. The zero-order valence-electron chi connectivity index (χ0n) is 25.2. The molecule has 3 N–H and O–H groups in total. The summed E-state index contributed by atoms with van der Waals surface area (Å²) in [5.41, 5.74) is 7.79. The molecule has 1 aliphatic heterocycles. The van der Waals surface area contributed by atoms with E-state index < -0.39 is 5.60 Å². The van der Waals surface area contributed by atoms with Gasteiger partial charge >= 0.3 is 0 Å². The molecule has 5 rings (SSSR count). The maximum atomic E-state index is 13.2. The molecule has 0 bridgehead atoms. The van der Waals surface area contributed by atoms with Crippen LogP contribution in [0, 0.1) is 13.8 Å². The summed E-state index contributed by atoms with van der Waals surface area (Å²) in [4.78, 5) is 24.4. The van der Waals surface area contributed by atoms with E-state index >= 15 is 0 Å². The minimum Gasteiger partial charge on any atom is -0.361 e. The highest BCUT2D eigenvalue weighted by Crippen LogP contribution is 2.28. The molecule has 2 aromatic heterocycles. The molecule has 11 nitrogen and oxygen atoms in total. The number of rotatable bonds is 10. The van der Waals surface area contributed by atoms with Gasteiger partial charge in [-0.2, -0.15) is 9.78 Å². The second-order valence-electron chi connectivity index (χ2n) is 11.2. The predicted molar refractivity (Wildman–Crippen MR) is 178 cm³/mol. The Morgan fingerprint density at radius 3 is 2.58 bits per heavy atom. The SMILES string of the molecule is Cc1cc(Nc2cc(NC(=O)c3cccc(C(C)(C)OCI)c3)ccc2C)n(-c2cc(NN3CCN(C)CC3)ncn2)n1.